The quantitative estimate of drug-likeness (QED) is 0.659. The van der Waals surface area contributed by atoms with Crippen molar-refractivity contribution in [1.29, 1.82) is 0 Å². The van der Waals surface area contributed by atoms with Gasteiger partial charge in [0.15, 0.2) is 0 Å². The number of carbonyl (C=O) groups excluding carboxylic acids is 1. The van der Waals surface area contributed by atoms with Gasteiger partial charge in [-0.05, 0) is 13.3 Å². The van der Waals surface area contributed by atoms with Gasteiger partial charge in [-0.3, -0.25) is 9.69 Å². The van der Waals surface area contributed by atoms with E-state index in [0.29, 0.717) is 12.6 Å². The molecule has 1 amide bonds. The van der Waals surface area contributed by atoms with Crippen LogP contribution in [0.3, 0.4) is 0 Å². The van der Waals surface area contributed by atoms with Crippen molar-refractivity contribution in [3.05, 3.63) is 0 Å². The van der Waals surface area contributed by atoms with Gasteiger partial charge < -0.3 is 10.6 Å². The van der Waals surface area contributed by atoms with Crippen LogP contribution in [-0.2, 0) is 4.79 Å². The number of carbonyl (C=O) groups is 1. The van der Waals surface area contributed by atoms with E-state index < -0.39 is 0 Å². The van der Waals surface area contributed by atoms with E-state index in [4.69, 9.17) is 0 Å². The van der Waals surface area contributed by atoms with E-state index in [1.54, 1.807) is 0 Å². The summed E-state index contributed by atoms with van der Waals surface area (Å²) >= 11 is 0. The van der Waals surface area contributed by atoms with Crippen molar-refractivity contribution < 1.29 is 4.79 Å². The molecule has 0 aromatic rings. The van der Waals surface area contributed by atoms with Crippen molar-refractivity contribution in [3.63, 3.8) is 0 Å². The number of piperazine rings is 1. The van der Waals surface area contributed by atoms with Crippen molar-refractivity contribution in [2.45, 2.75) is 26.3 Å². The molecule has 1 aliphatic rings. The highest BCUT2D eigenvalue weighted by molar-refractivity contribution is 5.77. The Morgan fingerprint density at radius 2 is 2.43 bits per heavy atom. The van der Waals surface area contributed by atoms with Crippen LogP contribution in [0.2, 0.25) is 0 Å². The van der Waals surface area contributed by atoms with Crippen molar-refractivity contribution >= 4 is 5.91 Å². The minimum absolute atomic E-state index is 0.154. The van der Waals surface area contributed by atoms with Gasteiger partial charge in [-0.2, -0.15) is 0 Å². The van der Waals surface area contributed by atoms with Gasteiger partial charge in [0, 0.05) is 32.2 Å². The third-order valence-electron chi connectivity index (χ3n) is 2.39. The predicted molar refractivity (Wildman–Crippen MR) is 57.2 cm³/mol. The fourth-order valence-electron chi connectivity index (χ4n) is 1.68. The Kier molecular flexibility index (Phi) is 4.90. The molecule has 0 radical (unpaired) electrons. The first-order valence-corrected chi connectivity index (χ1v) is 5.44. The molecule has 14 heavy (non-hydrogen) atoms. The first-order valence-electron chi connectivity index (χ1n) is 5.44. The Labute approximate surface area is 86.0 Å². The fraction of sp³-hybridized carbons (Fsp3) is 0.900. The van der Waals surface area contributed by atoms with Crippen molar-refractivity contribution in [3.8, 4) is 0 Å². The van der Waals surface area contributed by atoms with Crippen LogP contribution in [0.15, 0.2) is 0 Å². The first-order chi connectivity index (χ1) is 6.72. The molecular formula is C10H21N3O. The molecule has 1 saturated heterocycles. The van der Waals surface area contributed by atoms with Gasteiger partial charge in [-0.1, -0.05) is 6.92 Å². The maximum Gasteiger partial charge on any atom is 0.234 e. The maximum absolute atomic E-state index is 11.4. The lowest BCUT2D eigenvalue weighted by Crippen LogP contribution is -2.51. The minimum atomic E-state index is 0.154. The van der Waals surface area contributed by atoms with Gasteiger partial charge in [0.05, 0.1) is 6.54 Å². The van der Waals surface area contributed by atoms with E-state index in [-0.39, 0.29) is 5.91 Å². The Morgan fingerprint density at radius 1 is 1.64 bits per heavy atom. The maximum atomic E-state index is 11.4. The number of nitrogens with one attached hydrogen (secondary N) is 2. The molecule has 0 aromatic heterocycles. The lowest BCUT2D eigenvalue weighted by atomic mass is 10.2. The molecule has 0 aromatic carbocycles. The van der Waals surface area contributed by atoms with Gasteiger partial charge in [-0.15, -0.1) is 0 Å². The number of nitrogens with zero attached hydrogens (tertiary/aromatic N) is 1. The summed E-state index contributed by atoms with van der Waals surface area (Å²) < 4.78 is 0. The van der Waals surface area contributed by atoms with Gasteiger partial charge >= 0.3 is 0 Å². The molecular weight excluding hydrogens is 178 g/mol. The Morgan fingerprint density at radius 3 is 3.07 bits per heavy atom. The number of amides is 1. The highest BCUT2D eigenvalue weighted by atomic mass is 16.2. The van der Waals surface area contributed by atoms with Crippen LogP contribution in [0.4, 0.5) is 0 Å². The topological polar surface area (TPSA) is 44.4 Å². The number of rotatable bonds is 4. The Balaban J connectivity index is 2.18. The van der Waals surface area contributed by atoms with Crippen molar-refractivity contribution in [2.24, 2.45) is 0 Å². The summed E-state index contributed by atoms with van der Waals surface area (Å²) in [5.41, 5.74) is 0. The minimum Gasteiger partial charge on any atom is -0.355 e. The lowest BCUT2D eigenvalue weighted by Gasteiger charge is -2.31. The summed E-state index contributed by atoms with van der Waals surface area (Å²) in [7, 11) is 0. The van der Waals surface area contributed by atoms with Crippen LogP contribution >= 0.6 is 0 Å². The SMILES string of the molecule is CCCNC(=O)CN1CCN[C@@H](C)C1. The highest BCUT2D eigenvalue weighted by Crippen LogP contribution is 1.97. The Hall–Kier alpha value is -0.610. The molecule has 0 saturated carbocycles. The molecule has 4 nitrogen and oxygen atoms in total. The smallest absolute Gasteiger partial charge is 0.234 e. The van der Waals surface area contributed by atoms with Crippen LogP contribution in [0, 0.1) is 0 Å². The van der Waals surface area contributed by atoms with E-state index in [1.165, 1.54) is 0 Å². The normalized spacial score (nSPS) is 23.4. The van der Waals surface area contributed by atoms with Crippen LogP contribution in [0.5, 0.6) is 0 Å². The van der Waals surface area contributed by atoms with Crippen LogP contribution in [-0.4, -0.2) is 49.6 Å². The van der Waals surface area contributed by atoms with Crippen molar-refractivity contribution in [1.82, 2.24) is 15.5 Å². The molecule has 4 heteroatoms. The van der Waals surface area contributed by atoms with E-state index in [9.17, 15) is 4.79 Å². The summed E-state index contributed by atoms with van der Waals surface area (Å²) in [4.78, 5) is 13.6. The highest BCUT2D eigenvalue weighted by Gasteiger charge is 2.17. The molecule has 1 atom stereocenters. The van der Waals surface area contributed by atoms with Crippen LogP contribution < -0.4 is 10.6 Å². The first kappa shape index (κ1) is 11.5. The standard InChI is InChI=1S/C10H21N3O/c1-3-4-12-10(14)8-13-6-5-11-9(2)7-13/h9,11H,3-8H2,1-2H3,(H,12,14)/t9-/m0/s1. The van der Waals surface area contributed by atoms with E-state index >= 15 is 0 Å². The van der Waals surface area contributed by atoms with E-state index in [2.05, 4.69) is 29.4 Å². The zero-order valence-electron chi connectivity index (χ0n) is 9.18. The zero-order chi connectivity index (χ0) is 10.4. The summed E-state index contributed by atoms with van der Waals surface area (Å²) in [5.74, 6) is 0.154. The average molecular weight is 199 g/mol. The monoisotopic (exact) mass is 199 g/mol. The lowest BCUT2D eigenvalue weighted by molar-refractivity contribution is -0.122. The molecule has 0 bridgehead atoms. The zero-order valence-corrected chi connectivity index (χ0v) is 9.18. The molecule has 1 aliphatic heterocycles. The molecule has 82 valence electrons. The predicted octanol–water partition coefficient (Wildman–Crippen LogP) is -0.194. The molecule has 0 unspecified atom stereocenters. The van der Waals surface area contributed by atoms with Gasteiger partial charge in [0.25, 0.3) is 0 Å². The average Bonchev–Trinajstić information content (AvgIpc) is 2.15. The van der Waals surface area contributed by atoms with E-state index in [0.717, 1.165) is 32.6 Å². The molecule has 1 fully saturated rings. The second kappa shape index (κ2) is 5.98. The largest absolute Gasteiger partial charge is 0.355 e. The summed E-state index contributed by atoms with van der Waals surface area (Å²) in [6.07, 6.45) is 1.00. The molecule has 0 spiro atoms. The van der Waals surface area contributed by atoms with Gasteiger partial charge in [0.1, 0.15) is 0 Å². The number of hydrogen-bond acceptors (Lipinski definition) is 3. The molecule has 1 rings (SSSR count). The molecule has 2 N–H and O–H groups in total. The van der Waals surface area contributed by atoms with Gasteiger partial charge in [0.2, 0.25) is 5.91 Å². The fourth-order valence-corrected chi connectivity index (χ4v) is 1.68. The summed E-state index contributed by atoms with van der Waals surface area (Å²) in [6, 6.07) is 0.503. The van der Waals surface area contributed by atoms with E-state index in [1.807, 2.05) is 0 Å². The Bertz CT molecular complexity index is 184. The third-order valence-corrected chi connectivity index (χ3v) is 2.39. The second-order valence-corrected chi connectivity index (χ2v) is 3.94. The third kappa shape index (κ3) is 4.07. The van der Waals surface area contributed by atoms with Crippen LogP contribution in [0.25, 0.3) is 0 Å². The van der Waals surface area contributed by atoms with Gasteiger partial charge in [-0.25, -0.2) is 0 Å². The summed E-state index contributed by atoms with van der Waals surface area (Å²) in [5, 5.41) is 6.25. The van der Waals surface area contributed by atoms with Crippen molar-refractivity contribution in [2.75, 3.05) is 32.7 Å². The molecule has 0 aliphatic carbocycles. The molecule has 1 heterocycles. The second-order valence-electron chi connectivity index (χ2n) is 3.94. The van der Waals surface area contributed by atoms with Crippen LogP contribution in [0.1, 0.15) is 20.3 Å². The number of hydrogen-bond donors (Lipinski definition) is 2. The summed E-state index contributed by atoms with van der Waals surface area (Å²) in [6.45, 7) is 8.49.